The van der Waals surface area contributed by atoms with Crippen LogP contribution in [0.15, 0.2) is 24.3 Å². The van der Waals surface area contributed by atoms with E-state index in [1.165, 1.54) is 12.8 Å². The van der Waals surface area contributed by atoms with Crippen molar-refractivity contribution in [2.24, 2.45) is 5.41 Å². The van der Waals surface area contributed by atoms with Crippen molar-refractivity contribution in [2.45, 2.75) is 31.8 Å². The van der Waals surface area contributed by atoms with Gasteiger partial charge < -0.3 is 15.5 Å². The van der Waals surface area contributed by atoms with E-state index in [0.717, 1.165) is 24.9 Å². The van der Waals surface area contributed by atoms with Crippen LogP contribution >= 0.6 is 11.6 Å². The molecule has 1 aliphatic carbocycles. The summed E-state index contributed by atoms with van der Waals surface area (Å²) in [6, 6.07) is 7.35. The second-order valence-corrected chi connectivity index (χ2v) is 5.94. The second-order valence-electron chi connectivity index (χ2n) is 5.53. The summed E-state index contributed by atoms with van der Waals surface area (Å²) < 4.78 is 0. The number of nitrogens with one attached hydrogen (secondary N) is 1. The summed E-state index contributed by atoms with van der Waals surface area (Å²) in [4.78, 5) is 0. The fourth-order valence-corrected chi connectivity index (χ4v) is 3.11. The Labute approximate surface area is 119 Å². The van der Waals surface area contributed by atoms with Gasteiger partial charge in [-0.15, -0.1) is 0 Å². The van der Waals surface area contributed by atoms with E-state index in [0.29, 0.717) is 11.6 Å². The number of benzene rings is 1. The molecule has 1 aromatic carbocycles. The molecule has 1 saturated carbocycles. The smallest absolute Gasteiger partial charge is 0.0928 e. The first kappa shape index (κ1) is 14.8. The molecule has 0 saturated heterocycles. The van der Waals surface area contributed by atoms with Crippen LogP contribution in [0.5, 0.6) is 0 Å². The standard InChI is InChI=1S/C15H22ClNO2/c16-13-6-2-1-5-12(13)14(19)9-17-10-15(11-18)7-3-4-8-15/h1-2,5-6,14,17-19H,3-4,7-11H2. The predicted molar refractivity (Wildman–Crippen MR) is 77.3 cm³/mol. The molecule has 0 spiro atoms. The predicted octanol–water partition coefficient (Wildman–Crippen LogP) is 2.52. The number of hydrogen-bond acceptors (Lipinski definition) is 3. The van der Waals surface area contributed by atoms with Crippen molar-refractivity contribution in [2.75, 3.05) is 19.7 Å². The number of aliphatic hydroxyl groups excluding tert-OH is 2. The largest absolute Gasteiger partial charge is 0.396 e. The minimum absolute atomic E-state index is 0.0141. The van der Waals surface area contributed by atoms with Crippen molar-refractivity contribution >= 4 is 11.6 Å². The Bertz CT molecular complexity index is 405. The summed E-state index contributed by atoms with van der Waals surface area (Å²) in [7, 11) is 0. The molecule has 3 N–H and O–H groups in total. The van der Waals surface area contributed by atoms with E-state index in [1.54, 1.807) is 6.07 Å². The minimum atomic E-state index is -0.606. The Hall–Kier alpha value is -0.610. The summed E-state index contributed by atoms with van der Waals surface area (Å²) >= 11 is 6.05. The van der Waals surface area contributed by atoms with E-state index >= 15 is 0 Å². The van der Waals surface area contributed by atoms with Crippen molar-refractivity contribution in [3.63, 3.8) is 0 Å². The van der Waals surface area contributed by atoms with Gasteiger partial charge >= 0.3 is 0 Å². The number of halogens is 1. The molecule has 1 unspecified atom stereocenters. The summed E-state index contributed by atoms with van der Waals surface area (Å²) in [5.74, 6) is 0. The molecule has 4 heteroatoms. The van der Waals surface area contributed by atoms with E-state index in [2.05, 4.69) is 5.32 Å². The van der Waals surface area contributed by atoms with Crippen LogP contribution in [0.3, 0.4) is 0 Å². The van der Waals surface area contributed by atoms with Crippen LogP contribution in [0, 0.1) is 5.41 Å². The van der Waals surface area contributed by atoms with Gasteiger partial charge in [-0.05, 0) is 18.9 Å². The first-order valence-electron chi connectivity index (χ1n) is 6.91. The molecule has 3 nitrogen and oxygen atoms in total. The van der Waals surface area contributed by atoms with E-state index in [9.17, 15) is 10.2 Å². The average molecular weight is 284 g/mol. The van der Waals surface area contributed by atoms with Gasteiger partial charge in [-0.2, -0.15) is 0 Å². The molecule has 0 radical (unpaired) electrons. The highest BCUT2D eigenvalue weighted by atomic mass is 35.5. The topological polar surface area (TPSA) is 52.5 Å². The van der Waals surface area contributed by atoms with Crippen LogP contribution in [0.4, 0.5) is 0 Å². The average Bonchev–Trinajstić information content (AvgIpc) is 2.88. The van der Waals surface area contributed by atoms with Gasteiger partial charge in [0.1, 0.15) is 0 Å². The van der Waals surface area contributed by atoms with E-state index < -0.39 is 6.10 Å². The lowest BCUT2D eigenvalue weighted by molar-refractivity contribution is 0.117. The van der Waals surface area contributed by atoms with Crippen LogP contribution in [-0.4, -0.2) is 29.9 Å². The number of aliphatic hydroxyl groups is 2. The van der Waals surface area contributed by atoms with Gasteiger partial charge in [0.05, 0.1) is 6.10 Å². The zero-order valence-corrected chi connectivity index (χ0v) is 11.9. The normalized spacial score (nSPS) is 19.5. The zero-order chi connectivity index (χ0) is 13.7. The first-order valence-corrected chi connectivity index (χ1v) is 7.29. The highest BCUT2D eigenvalue weighted by Gasteiger charge is 2.32. The first-order chi connectivity index (χ1) is 9.17. The SMILES string of the molecule is OCC1(CNCC(O)c2ccccc2Cl)CCCC1. The number of hydrogen-bond donors (Lipinski definition) is 3. The minimum Gasteiger partial charge on any atom is -0.396 e. The molecule has 0 amide bonds. The Morgan fingerprint density at radius 2 is 1.95 bits per heavy atom. The number of rotatable bonds is 6. The molecule has 0 heterocycles. The molecule has 1 aromatic rings. The van der Waals surface area contributed by atoms with Crippen LogP contribution in [0.25, 0.3) is 0 Å². The van der Waals surface area contributed by atoms with Gasteiger partial charge in [-0.3, -0.25) is 0 Å². The fourth-order valence-electron chi connectivity index (χ4n) is 2.85. The molecule has 0 bridgehead atoms. The third-order valence-corrected chi connectivity index (χ3v) is 4.45. The Kier molecular flexibility index (Phi) is 5.22. The molecule has 1 aliphatic rings. The lowest BCUT2D eigenvalue weighted by Gasteiger charge is -2.27. The van der Waals surface area contributed by atoms with Gasteiger partial charge in [-0.25, -0.2) is 0 Å². The van der Waals surface area contributed by atoms with Crippen LogP contribution in [-0.2, 0) is 0 Å². The van der Waals surface area contributed by atoms with Crippen molar-refractivity contribution in [1.29, 1.82) is 0 Å². The van der Waals surface area contributed by atoms with Gasteiger partial charge in [0.15, 0.2) is 0 Å². The Morgan fingerprint density at radius 1 is 1.26 bits per heavy atom. The fraction of sp³-hybridized carbons (Fsp3) is 0.600. The maximum Gasteiger partial charge on any atom is 0.0928 e. The zero-order valence-electron chi connectivity index (χ0n) is 11.1. The molecule has 19 heavy (non-hydrogen) atoms. The van der Waals surface area contributed by atoms with Crippen LogP contribution in [0.1, 0.15) is 37.4 Å². The van der Waals surface area contributed by atoms with Crippen LogP contribution in [0.2, 0.25) is 5.02 Å². The van der Waals surface area contributed by atoms with Gasteiger partial charge in [0.2, 0.25) is 0 Å². The highest BCUT2D eigenvalue weighted by Crippen LogP contribution is 2.37. The van der Waals surface area contributed by atoms with Gasteiger partial charge in [0.25, 0.3) is 0 Å². The monoisotopic (exact) mass is 283 g/mol. The van der Waals surface area contributed by atoms with Crippen molar-refractivity contribution in [3.8, 4) is 0 Å². The van der Waals surface area contributed by atoms with Crippen LogP contribution < -0.4 is 5.32 Å². The molecular formula is C15H22ClNO2. The van der Waals surface area contributed by atoms with Crippen molar-refractivity contribution < 1.29 is 10.2 Å². The molecular weight excluding hydrogens is 262 g/mol. The van der Waals surface area contributed by atoms with E-state index in [-0.39, 0.29) is 12.0 Å². The van der Waals surface area contributed by atoms with Crippen molar-refractivity contribution in [1.82, 2.24) is 5.32 Å². The molecule has 0 aromatic heterocycles. The summed E-state index contributed by atoms with van der Waals surface area (Å²) in [5, 5.41) is 23.5. The van der Waals surface area contributed by atoms with Gasteiger partial charge in [-0.1, -0.05) is 42.6 Å². The van der Waals surface area contributed by atoms with E-state index in [4.69, 9.17) is 11.6 Å². The Balaban J connectivity index is 1.84. The molecule has 2 rings (SSSR count). The molecule has 0 aliphatic heterocycles. The highest BCUT2D eigenvalue weighted by molar-refractivity contribution is 6.31. The van der Waals surface area contributed by atoms with Gasteiger partial charge in [0, 0.05) is 35.7 Å². The summed E-state index contributed by atoms with van der Waals surface area (Å²) in [5.41, 5.74) is 0.765. The van der Waals surface area contributed by atoms with E-state index in [1.807, 2.05) is 18.2 Å². The third-order valence-electron chi connectivity index (χ3n) is 4.10. The lowest BCUT2D eigenvalue weighted by atomic mass is 9.87. The second kappa shape index (κ2) is 6.71. The molecule has 1 fully saturated rings. The van der Waals surface area contributed by atoms with Crippen molar-refractivity contribution in [3.05, 3.63) is 34.9 Å². The quantitative estimate of drug-likeness (QED) is 0.752. The third kappa shape index (κ3) is 3.69. The molecule has 106 valence electrons. The summed E-state index contributed by atoms with van der Waals surface area (Å²) in [6.07, 6.45) is 3.91. The Morgan fingerprint density at radius 3 is 2.58 bits per heavy atom. The maximum absolute atomic E-state index is 10.1. The lowest BCUT2D eigenvalue weighted by Crippen LogP contribution is -2.37. The summed E-state index contributed by atoms with van der Waals surface area (Å²) in [6.45, 7) is 1.44. The maximum atomic E-state index is 10.1. The molecule has 1 atom stereocenters.